The van der Waals surface area contributed by atoms with Gasteiger partial charge in [0.2, 0.25) is 10.0 Å². The van der Waals surface area contributed by atoms with Crippen LogP contribution in [-0.4, -0.2) is 13.7 Å². The molecule has 0 amide bonds. The average Bonchev–Trinajstić information content (AvgIpc) is 2.27. The lowest BCUT2D eigenvalue weighted by Crippen LogP contribution is -2.23. The molecule has 0 spiro atoms. The zero-order valence-electron chi connectivity index (χ0n) is 8.81. The van der Waals surface area contributed by atoms with E-state index in [1.807, 2.05) is 6.07 Å². The van der Waals surface area contributed by atoms with Crippen LogP contribution in [0, 0.1) is 22.7 Å². The molecule has 0 radical (unpaired) electrons. The number of rotatable bonds is 3. The molecule has 0 heterocycles. The van der Waals surface area contributed by atoms with Gasteiger partial charge in [0.15, 0.2) is 5.25 Å². The van der Waals surface area contributed by atoms with Crippen molar-refractivity contribution in [1.82, 2.24) is 0 Å². The number of nitriles is 2. The van der Waals surface area contributed by atoms with Gasteiger partial charge in [-0.1, -0.05) is 11.6 Å². The molecule has 0 aromatic heterocycles. The quantitative estimate of drug-likeness (QED) is 0.906. The third kappa shape index (κ3) is 3.10. The van der Waals surface area contributed by atoms with E-state index in [0.717, 1.165) is 0 Å². The molecule has 0 saturated carbocycles. The van der Waals surface area contributed by atoms with Crippen LogP contribution in [0.25, 0.3) is 0 Å². The minimum atomic E-state index is -3.75. The zero-order chi connectivity index (χ0) is 13.1. The second-order valence-electron chi connectivity index (χ2n) is 3.22. The molecule has 17 heavy (non-hydrogen) atoms. The molecule has 1 aromatic carbocycles. The minimum absolute atomic E-state index is 0.150. The van der Waals surface area contributed by atoms with Gasteiger partial charge in [-0.2, -0.15) is 10.5 Å². The van der Waals surface area contributed by atoms with E-state index in [-0.39, 0.29) is 16.3 Å². The van der Waals surface area contributed by atoms with Gasteiger partial charge < -0.3 is 0 Å². The Morgan fingerprint density at radius 1 is 1.41 bits per heavy atom. The molecule has 7 heteroatoms. The van der Waals surface area contributed by atoms with Crippen LogP contribution in [0.15, 0.2) is 18.2 Å². The summed E-state index contributed by atoms with van der Waals surface area (Å²) >= 11 is 5.75. The van der Waals surface area contributed by atoms with Crippen molar-refractivity contribution in [3.63, 3.8) is 0 Å². The lowest BCUT2D eigenvalue weighted by Gasteiger charge is -2.09. The molecular weight excluding hydrogens is 262 g/mol. The van der Waals surface area contributed by atoms with Gasteiger partial charge in [0.1, 0.15) is 6.07 Å². The maximum Gasteiger partial charge on any atom is 0.248 e. The van der Waals surface area contributed by atoms with Crippen LogP contribution in [0.1, 0.15) is 12.5 Å². The van der Waals surface area contributed by atoms with E-state index >= 15 is 0 Å². The van der Waals surface area contributed by atoms with Crippen LogP contribution in [0.3, 0.4) is 0 Å². The smallest absolute Gasteiger partial charge is 0.248 e. The van der Waals surface area contributed by atoms with Crippen molar-refractivity contribution in [2.24, 2.45) is 0 Å². The van der Waals surface area contributed by atoms with Crippen molar-refractivity contribution in [2.75, 3.05) is 4.72 Å². The second kappa shape index (κ2) is 5.05. The van der Waals surface area contributed by atoms with Gasteiger partial charge in [0, 0.05) is 0 Å². The van der Waals surface area contributed by atoms with Gasteiger partial charge in [-0.15, -0.1) is 0 Å². The summed E-state index contributed by atoms with van der Waals surface area (Å²) in [5, 5.41) is 16.2. The number of halogens is 1. The van der Waals surface area contributed by atoms with Crippen LogP contribution in [0.4, 0.5) is 5.69 Å². The molecular formula is C10H8ClN3O2S. The second-order valence-corrected chi connectivity index (χ2v) is 5.63. The Labute approximate surface area is 104 Å². The van der Waals surface area contributed by atoms with E-state index in [1.54, 1.807) is 6.07 Å². The summed E-state index contributed by atoms with van der Waals surface area (Å²) in [5.74, 6) is 0. The average molecular weight is 270 g/mol. The number of nitrogens with one attached hydrogen (secondary N) is 1. The van der Waals surface area contributed by atoms with Crippen LogP contribution in [0.2, 0.25) is 5.02 Å². The number of nitrogens with zero attached hydrogens (tertiary/aromatic N) is 2. The Hall–Kier alpha value is -1.76. The summed E-state index contributed by atoms with van der Waals surface area (Å²) in [6.07, 6.45) is 0. The Kier molecular flexibility index (Phi) is 3.95. The van der Waals surface area contributed by atoms with Gasteiger partial charge in [-0.3, -0.25) is 4.72 Å². The van der Waals surface area contributed by atoms with E-state index < -0.39 is 15.3 Å². The summed E-state index contributed by atoms with van der Waals surface area (Å²) in [6, 6.07) is 7.61. The molecule has 1 rings (SSSR count). The fourth-order valence-electron chi connectivity index (χ4n) is 0.991. The SMILES string of the molecule is CC(C#N)S(=O)(=O)Nc1ccc(C#N)c(Cl)c1. The summed E-state index contributed by atoms with van der Waals surface area (Å²) in [5.41, 5.74) is 0.471. The van der Waals surface area contributed by atoms with Crippen LogP contribution in [0.5, 0.6) is 0 Å². The zero-order valence-corrected chi connectivity index (χ0v) is 10.4. The van der Waals surface area contributed by atoms with E-state index in [1.165, 1.54) is 25.1 Å². The lowest BCUT2D eigenvalue weighted by atomic mass is 10.2. The third-order valence-electron chi connectivity index (χ3n) is 2.00. The monoisotopic (exact) mass is 269 g/mol. The predicted octanol–water partition coefficient (Wildman–Crippen LogP) is 1.87. The standard InChI is InChI=1S/C10H8ClN3O2S/c1-7(5-12)17(15,16)14-9-3-2-8(6-13)10(11)4-9/h2-4,7,14H,1H3. The first-order chi connectivity index (χ1) is 7.90. The van der Waals surface area contributed by atoms with Crippen LogP contribution in [-0.2, 0) is 10.0 Å². The van der Waals surface area contributed by atoms with Crippen molar-refractivity contribution < 1.29 is 8.42 Å². The van der Waals surface area contributed by atoms with Crippen molar-refractivity contribution >= 4 is 27.3 Å². The molecule has 1 atom stereocenters. The largest absolute Gasteiger partial charge is 0.282 e. The topological polar surface area (TPSA) is 93.8 Å². The Balaban J connectivity index is 3.03. The maximum atomic E-state index is 11.6. The van der Waals surface area contributed by atoms with Crippen molar-refractivity contribution in [3.05, 3.63) is 28.8 Å². The maximum absolute atomic E-state index is 11.6. The van der Waals surface area contributed by atoms with Crippen molar-refractivity contribution in [1.29, 1.82) is 10.5 Å². The predicted molar refractivity (Wildman–Crippen MR) is 63.8 cm³/mol. The Bertz CT molecular complexity index is 613. The molecule has 1 unspecified atom stereocenters. The Morgan fingerprint density at radius 2 is 2.06 bits per heavy atom. The van der Waals surface area contributed by atoms with E-state index in [9.17, 15) is 8.42 Å². The number of hydrogen-bond acceptors (Lipinski definition) is 4. The van der Waals surface area contributed by atoms with E-state index in [2.05, 4.69) is 4.72 Å². The summed E-state index contributed by atoms with van der Waals surface area (Å²) in [6.45, 7) is 1.27. The van der Waals surface area contributed by atoms with Crippen LogP contribution >= 0.6 is 11.6 Å². The number of anilines is 1. The lowest BCUT2D eigenvalue weighted by molar-refractivity contribution is 0.597. The fraction of sp³-hybridized carbons (Fsp3) is 0.200. The van der Waals surface area contributed by atoms with Gasteiger partial charge in [0.05, 0.1) is 22.3 Å². The van der Waals surface area contributed by atoms with Crippen molar-refractivity contribution in [2.45, 2.75) is 12.2 Å². The minimum Gasteiger partial charge on any atom is -0.282 e. The van der Waals surface area contributed by atoms with Crippen LogP contribution < -0.4 is 4.72 Å². The molecule has 0 aliphatic heterocycles. The van der Waals surface area contributed by atoms with Gasteiger partial charge in [0.25, 0.3) is 0 Å². The molecule has 0 aliphatic rings. The van der Waals surface area contributed by atoms with Crippen molar-refractivity contribution in [3.8, 4) is 12.1 Å². The molecule has 5 nitrogen and oxygen atoms in total. The van der Waals surface area contributed by atoms with E-state index in [4.69, 9.17) is 22.1 Å². The first-order valence-corrected chi connectivity index (χ1v) is 6.44. The number of benzene rings is 1. The van der Waals surface area contributed by atoms with Gasteiger partial charge in [-0.25, -0.2) is 8.42 Å². The molecule has 1 N–H and O–H groups in total. The molecule has 88 valence electrons. The normalized spacial score (nSPS) is 12.2. The third-order valence-corrected chi connectivity index (χ3v) is 3.87. The highest BCUT2D eigenvalue weighted by molar-refractivity contribution is 7.93. The highest BCUT2D eigenvalue weighted by Gasteiger charge is 2.20. The highest BCUT2D eigenvalue weighted by Crippen LogP contribution is 2.21. The molecule has 1 aromatic rings. The Morgan fingerprint density at radius 3 is 2.53 bits per heavy atom. The molecule has 0 aliphatic carbocycles. The highest BCUT2D eigenvalue weighted by atomic mass is 35.5. The van der Waals surface area contributed by atoms with Gasteiger partial charge >= 0.3 is 0 Å². The number of hydrogen-bond donors (Lipinski definition) is 1. The first-order valence-electron chi connectivity index (χ1n) is 4.51. The molecule has 0 fully saturated rings. The summed E-state index contributed by atoms with van der Waals surface area (Å²) in [7, 11) is -3.75. The summed E-state index contributed by atoms with van der Waals surface area (Å²) < 4.78 is 25.3. The molecule has 0 bridgehead atoms. The fourth-order valence-corrected chi connectivity index (χ4v) is 1.99. The molecule has 0 saturated heterocycles. The van der Waals surface area contributed by atoms with E-state index in [0.29, 0.717) is 0 Å². The summed E-state index contributed by atoms with van der Waals surface area (Å²) in [4.78, 5) is 0. The first kappa shape index (κ1) is 13.3. The van der Waals surface area contributed by atoms with Gasteiger partial charge in [-0.05, 0) is 25.1 Å². The number of sulfonamides is 1.